The number of hydrogen-bond acceptors (Lipinski definition) is 5. The van der Waals surface area contributed by atoms with Crippen LogP contribution in [0.2, 0.25) is 0 Å². The number of nitrogens with one attached hydrogen (secondary N) is 1. The number of benzene rings is 3. The largest absolute Gasteiger partial charge is 0.497 e. The van der Waals surface area contributed by atoms with E-state index < -0.39 is 5.60 Å². The maximum Gasteiger partial charge on any atom is 0.132 e. The van der Waals surface area contributed by atoms with Crippen LogP contribution in [-0.2, 0) is 28.0 Å². The van der Waals surface area contributed by atoms with Gasteiger partial charge >= 0.3 is 0 Å². The van der Waals surface area contributed by atoms with Gasteiger partial charge in [0.1, 0.15) is 29.3 Å². The second-order valence-corrected chi connectivity index (χ2v) is 11.0. The van der Waals surface area contributed by atoms with Crippen LogP contribution in [0.4, 0.5) is 5.69 Å². The Hall–Kier alpha value is -3.02. The van der Waals surface area contributed by atoms with E-state index in [0.717, 1.165) is 28.3 Å². The molecule has 0 bridgehead atoms. The van der Waals surface area contributed by atoms with E-state index in [1.54, 1.807) is 14.2 Å². The highest BCUT2D eigenvalue weighted by Crippen LogP contribution is 2.44. The Morgan fingerprint density at radius 1 is 0.889 bits per heavy atom. The monoisotopic (exact) mass is 489 g/mol. The molecule has 2 unspecified atom stereocenters. The Labute approximate surface area is 215 Å². The summed E-state index contributed by atoms with van der Waals surface area (Å²) in [6, 6.07) is 22.9. The Kier molecular flexibility index (Phi) is 7.62. The van der Waals surface area contributed by atoms with E-state index in [2.05, 4.69) is 82.4 Å². The smallest absolute Gasteiger partial charge is 0.132 e. The first kappa shape index (κ1) is 26.1. The molecule has 2 atom stereocenters. The average molecular weight is 490 g/mol. The summed E-state index contributed by atoms with van der Waals surface area (Å²) in [6.45, 7) is 12.0. The molecule has 0 aromatic heterocycles. The normalized spacial score (nSPS) is 18.8. The van der Waals surface area contributed by atoms with Crippen LogP contribution in [0.5, 0.6) is 11.5 Å². The molecule has 4 rings (SSSR count). The standard InChI is InChI=1S/C31H39NO4/c1-30(2,3)23-12-8-22(9-13-23)20-35-29-28(34-7)26-18-24(14-17-27(26)36-31(29,4)5)32-19-21-10-15-25(33-6)16-11-21/h8-18,28-29,32H,19-20H2,1-7H3. The lowest BCUT2D eigenvalue weighted by molar-refractivity contribution is -0.159. The van der Waals surface area contributed by atoms with Gasteiger partial charge in [0.15, 0.2) is 0 Å². The molecule has 1 aliphatic heterocycles. The van der Waals surface area contributed by atoms with E-state index in [0.29, 0.717) is 13.2 Å². The first-order valence-electron chi connectivity index (χ1n) is 12.5. The van der Waals surface area contributed by atoms with Gasteiger partial charge in [-0.15, -0.1) is 0 Å². The minimum Gasteiger partial charge on any atom is -0.497 e. The summed E-state index contributed by atoms with van der Waals surface area (Å²) in [6.07, 6.45) is -0.519. The number of ether oxygens (including phenoxy) is 4. The summed E-state index contributed by atoms with van der Waals surface area (Å²) in [4.78, 5) is 0. The van der Waals surface area contributed by atoms with Crippen molar-refractivity contribution in [1.82, 2.24) is 0 Å². The van der Waals surface area contributed by atoms with Crippen LogP contribution in [0, 0.1) is 0 Å². The second kappa shape index (κ2) is 10.5. The summed E-state index contributed by atoms with van der Waals surface area (Å²) >= 11 is 0. The van der Waals surface area contributed by atoms with Crippen molar-refractivity contribution in [1.29, 1.82) is 0 Å². The molecule has 0 amide bonds. The first-order valence-corrected chi connectivity index (χ1v) is 12.5. The summed E-state index contributed by atoms with van der Waals surface area (Å²) in [5.74, 6) is 1.68. The maximum atomic E-state index is 6.48. The molecule has 5 heteroatoms. The van der Waals surface area contributed by atoms with E-state index >= 15 is 0 Å². The summed E-state index contributed by atoms with van der Waals surface area (Å²) in [5, 5.41) is 3.51. The number of fused-ring (bicyclic) bond motifs is 1. The van der Waals surface area contributed by atoms with Crippen molar-refractivity contribution in [2.75, 3.05) is 19.5 Å². The third kappa shape index (κ3) is 5.85. The lowest BCUT2D eigenvalue weighted by atomic mass is 9.86. The lowest BCUT2D eigenvalue weighted by Gasteiger charge is -2.44. The highest BCUT2D eigenvalue weighted by atomic mass is 16.6. The van der Waals surface area contributed by atoms with E-state index in [1.165, 1.54) is 11.1 Å². The highest BCUT2D eigenvalue weighted by molar-refractivity contribution is 5.54. The lowest BCUT2D eigenvalue weighted by Crippen LogP contribution is -2.50. The third-order valence-corrected chi connectivity index (χ3v) is 6.81. The van der Waals surface area contributed by atoms with Crippen LogP contribution >= 0.6 is 0 Å². The first-order chi connectivity index (χ1) is 17.1. The van der Waals surface area contributed by atoms with Gasteiger partial charge in [-0.3, -0.25) is 0 Å². The second-order valence-electron chi connectivity index (χ2n) is 11.0. The molecule has 0 saturated carbocycles. The minimum absolute atomic E-state index is 0.128. The number of anilines is 1. The van der Waals surface area contributed by atoms with Gasteiger partial charge in [0, 0.05) is 24.9 Å². The van der Waals surface area contributed by atoms with Crippen molar-refractivity contribution < 1.29 is 18.9 Å². The molecule has 192 valence electrons. The Balaban J connectivity index is 1.49. The molecule has 3 aromatic rings. The quantitative estimate of drug-likeness (QED) is 0.367. The van der Waals surface area contributed by atoms with Crippen molar-refractivity contribution in [2.24, 2.45) is 0 Å². The van der Waals surface area contributed by atoms with Gasteiger partial charge in [-0.2, -0.15) is 0 Å². The molecular weight excluding hydrogens is 450 g/mol. The van der Waals surface area contributed by atoms with Crippen LogP contribution < -0.4 is 14.8 Å². The third-order valence-electron chi connectivity index (χ3n) is 6.81. The molecule has 0 radical (unpaired) electrons. The van der Waals surface area contributed by atoms with Crippen molar-refractivity contribution >= 4 is 5.69 Å². The van der Waals surface area contributed by atoms with Crippen LogP contribution in [-0.4, -0.2) is 25.9 Å². The zero-order valence-electron chi connectivity index (χ0n) is 22.6. The van der Waals surface area contributed by atoms with Crippen molar-refractivity contribution in [3.63, 3.8) is 0 Å². The van der Waals surface area contributed by atoms with Crippen molar-refractivity contribution in [2.45, 2.75) is 71.0 Å². The summed E-state index contributed by atoms with van der Waals surface area (Å²) < 4.78 is 24.2. The molecule has 5 nitrogen and oxygen atoms in total. The fourth-order valence-electron chi connectivity index (χ4n) is 4.62. The van der Waals surface area contributed by atoms with Gasteiger partial charge < -0.3 is 24.3 Å². The minimum atomic E-state index is -0.545. The molecule has 1 N–H and O–H groups in total. The van der Waals surface area contributed by atoms with Crippen LogP contribution in [0.25, 0.3) is 0 Å². The average Bonchev–Trinajstić information content (AvgIpc) is 2.85. The molecule has 0 saturated heterocycles. The van der Waals surface area contributed by atoms with Gasteiger partial charge in [-0.25, -0.2) is 0 Å². The van der Waals surface area contributed by atoms with E-state index in [4.69, 9.17) is 18.9 Å². The Bertz CT molecular complexity index is 1150. The van der Waals surface area contributed by atoms with Gasteiger partial charge in [0.2, 0.25) is 0 Å². The molecule has 0 aliphatic carbocycles. The molecule has 0 spiro atoms. The number of methoxy groups -OCH3 is 2. The van der Waals surface area contributed by atoms with Crippen molar-refractivity contribution in [3.05, 3.63) is 89.0 Å². The molecule has 36 heavy (non-hydrogen) atoms. The molecule has 0 fully saturated rings. The van der Waals surface area contributed by atoms with Gasteiger partial charge in [-0.05, 0) is 66.3 Å². The predicted octanol–water partition coefficient (Wildman–Crippen LogP) is 7.05. The summed E-state index contributed by atoms with van der Waals surface area (Å²) in [5.41, 5.74) is 5.20. The van der Waals surface area contributed by atoms with E-state index in [1.807, 2.05) is 24.3 Å². The van der Waals surface area contributed by atoms with Crippen molar-refractivity contribution in [3.8, 4) is 11.5 Å². The fraction of sp³-hybridized carbons (Fsp3) is 0.419. The van der Waals surface area contributed by atoms with E-state index in [-0.39, 0.29) is 17.6 Å². The van der Waals surface area contributed by atoms with Crippen LogP contribution in [0.1, 0.15) is 63.0 Å². The molecule has 1 heterocycles. The predicted molar refractivity (Wildman–Crippen MR) is 145 cm³/mol. The number of hydrogen-bond donors (Lipinski definition) is 1. The Morgan fingerprint density at radius 3 is 2.17 bits per heavy atom. The Morgan fingerprint density at radius 2 is 1.56 bits per heavy atom. The zero-order valence-corrected chi connectivity index (χ0v) is 22.6. The van der Waals surface area contributed by atoms with Crippen LogP contribution in [0.15, 0.2) is 66.7 Å². The fourth-order valence-corrected chi connectivity index (χ4v) is 4.62. The topological polar surface area (TPSA) is 49.0 Å². The SMILES string of the molecule is COc1ccc(CNc2ccc3c(c2)C(OC)C(OCc2ccc(C(C)(C)C)cc2)C(C)(C)O3)cc1. The number of rotatable bonds is 8. The molecule has 3 aromatic carbocycles. The molecule has 1 aliphatic rings. The van der Waals surface area contributed by atoms with Gasteiger partial charge in [0.05, 0.1) is 13.7 Å². The maximum absolute atomic E-state index is 6.48. The highest BCUT2D eigenvalue weighted by Gasteiger charge is 2.45. The van der Waals surface area contributed by atoms with Gasteiger partial charge in [-0.1, -0.05) is 57.2 Å². The zero-order chi connectivity index (χ0) is 25.9. The van der Waals surface area contributed by atoms with Crippen LogP contribution in [0.3, 0.4) is 0 Å². The van der Waals surface area contributed by atoms with E-state index in [9.17, 15) is 0 Å². The summed E-state index contributed by atoms with van der Waals surface area (Å²) in [7, 11) is 3.41. The van der Waals surface area contributed by atoms with Gasteiger partial charge in [0.25, 0.3) is 0 Å². The molecular formula is C31H39NO4.